The highest BCUT2D eigenvalue weighted by atomic mass is 16.5. The van der Waals surface area contributed by atoms with Crippen LogP contribution in [0.3, 0.4) is 0 Å². The van der Waals surface area contributed by atoms with Crippen LogP contribution >= 0.6 is 0 Å². The molecule has 90 valence electrons. The number of nitrogens with zero attached hydrogens (tertiary/aromatic N) is 2. The second-order valence-corrected chi connectivity index (χ2v) is 4.25. The van der Waals surface area contributed by atoms with E-state index in [0.717, 1.165) is 17.1 Å². The Balaban J connectivity index is 2.44. The molecule has 2 aromatic rings. The molecule has 0 amide bonds. The normalized spacial score (nSPS) is 10.8. The molecule has 0 aliphatic rings. The molecule has 0 radical (unpaired) electrons. The number of aromatic nitrogens is 2. The van der Waals surface area contributed by atoms with Crippen LogP contribution in [0, 0.1) is 6.92 Å². The summed E-state index contributed by atoms with van der Waals surface area (Å²) in [7, 11) is 0. The number of benzene rings is 1. The van der Waals surface area contributed by atoms with Gasteiger partial charge in [0.05, 0.1) is 23.7 Å². The molecule has 4 nitrogen and oxygen atoms in total. The number of anilines is 1. The number of aryl methyl sites for hydroxylation is 1. The van der Waals surface area contributed by atoms with Gasteiger partial charge in [-0.15, -0.1) is 0 Å². The molecular formula is C13H17N3O. The van der Waals surface area contributed by atoms with Crippen LogP contribution in [0.25, 0.3) is 5.69 Å². The summed E-state index contributed by atoms with van der Waals surface area (Å²) in [6, 6.07) is 7.79. The van der Waals surface area contributed by atoms with Crippen molar-refractivity contribution in [2.75, 3.05) is 5.73 Å². The van der Waals surface area contributed by atoms with Gasteiger partial charge >= 0.3 is 0 Å². The Bertz CT molecular complexity index is 498. The van der Waals surface area contributed by atoms with Crippen molar-refractivity contribution >= 4 is 5.69 Å². The van der Waals surface area contributed by atoms with E-state index in [-0.39, 0.29) is 6.10 Å². The largest absolute Gasteiger partial charge is 0.489 e. The number of rotatable bonds is 3. The van der Waals surface area contributed by atoms with Crippen molar-refractivity contribution < 1.29 is 4.74 Å². The number of nitrogen functional groups attached to an aromatic ring is 1. The summed E-state index contributed by atoms with van der Waals surface area (Å²) < 4.78 is 7.50. The third kappa shape index (κ3) is 2.41. The standard InChI is InChI=1S/C13H17N3O/c1-9(2)17-13-7-5-4-6-12(13)16-8-11(14)10(3)15-16/h4-9H,14H2,1-3H3. The maximum Gasteiger partial charge on any atom is 0.145 e. The van der Waals surface area contributed by atoms with Gasteiger partial charge in [-0.25, -0.2) is 4.68 Å². The molecule has 2 N–H and O–H groups in total. The van der Waals surface area contributed by atoms with Gasteiger partial charge in [0.15, 0.2) is 0 Å². The second-order valence-electron chi connectivity index (χ2n) is 4.25. The van der Waals surface area contributed by atoms with Crippen LogP contribution in [0.2, 0.25) is 0 Å². The molecule has 0 atom stereocenters. The van der Waals surface area contributed by atoms with E-state index in [9.17, 15) is 0 Å². The molecule has 0 aliphatic heterocycles. The average molecular weight is 231 g/mol. The van der Waals surface area contributed by atoms with Gasteiger partial charge in [-0.1, -0.05) is 12.1 Å². The molecule has 0 saturated heterocycles. The summed E-state index contributed by atoms with van der Waals surface area (Å²) in [5, 5.41) is 4.36. The lowest BCUT2D eigenvalue weighted by atomic mass is 10.3. The van der Waals surface area contributed by atoms with Gasteiger partial charge in [0.25, 0.3) is 0 Å². The van der Waals surface area contributed by atoms with Crippen LogP contribution < -0.4 is 10.5 Å². The minimum Gasteiger partial charge on any atom is -0.489 e. The summed E-state index contributed by atoms with van der Waals surface area (Å²) in [4.78, 5) is 0. The molecule has 17 heavy (non-hydrogen) atoms. The van der Waals surface area contributed by atoms with E-state index in [2.05, 4.69) is 5.10 Å². The zero-order valence-corrected chi connectivity index (χ0v) is 10.3. The van der Waals surface area contributed by atoms with Gasteiger partial charge in [-0.3, -0.25) is 0 Å². The van der Waals surface area contributed by atoms with Crippen LogP contribution in [0.1, 0.15) is 19.5 Å². The van der Waals surface area contributed by atoms with Crippen LogP contribution in [-0.2, 0) is 0 Å². The highest BCUT2D eigenvalue weighted by Gasteiger charge is 2.09. The highest BCUT2D eigenvalue weighted by Crippen LogP contribution is 2.24. The molecular weight excluding hydrogens is 214 g/mol. The maximum atomic E-state index is 5.81. The summed E-state index contributed by atoms with van der Waals surface area (Å²) in [6.07, 6.45) is 1.93. The van der Waals surface area contributed by atoms with E-state index in [1.165, 1.54) is 0 Å². The first-order valence-corrected chi connectivity index (χ1v) is 5.65. The summed E-state index contributed by atoms with van der Waals surface area (Å²) >= 11 is 0. The molecule has 1 heterocycles. The molecule has 0 fully saturated rings. The van der Waals surface area contributed by atoms with Gasteiger partial charge in [0.2, 0.25) is 0 Å². The Morgan fingerprint density at radius 2 is 2.00 bits per heavy atom. The number of nitrogens with two attached hydrogens (primary N) is 1. The SMILES string of the molecule is Cc1nn(-c2ccccc2OC(C)C)cc1N. The van der Waals surface area contributed by atoms with Crippen molar-refractivity contribution in [1.82, 2.24) is 9.78 Å². The first-order valence-electron chi connectivity index (χ1n) is 5.65. The molecule has 1 aromatic heterocycles. The van der Waals surface area contributed by atoms with Gasteiger partial charge in [0.1, 0.15) is 11.4 Å². The molecule has 0 aliphatic carbocycles. The van der Waals surface area contributed by atoms with Crippen LogP contribution in [0.5, 0.6) is 5.75 Å². The number of hydrogen-bond donors (Lipinski definition) is 1. The van der Waals surface area contributed by atoms with E-state index in [0.29, 0.717) is 5.69 Å². The van der Waals surface area contributed by atoms with E-state index >= 15 is 0 Å². The smallest absolute Gasteiger partial charge is 0.145 e. The van der Waals surface area contributed by atoms with Crippen LogP contribution in [0.15, 0.2) is 30.5 Å². The molecule has 1 aromatic carbocycles. The fourth-order valence-electron chi connectivity index (χ4n) is 1.60. The Morgan fingerprint density at radius 1 is 1.29 bits per heavy atom. The zero-order chi connectivity index (χ0) is 12.4. The molecule has 0 saturated carbocycles. The monoisotopic (exact) mass is 231 g/mol. The second kappa shape index (κ2) is 4.49. The fraction of sp³-hybridized carbons (Fsp3) is 0.308. The Kier molecular flexibility index (Phi) is 3.04. The zero-order valence-electron chi connectivity index (χ0n) is 10.3. The highest BCUT2D eigenvalue weighted by molar-refractivity contribution is 5.50. The van der Waals surface area contributed by atoms with E-state index in [4.69, 9.17) is 10.5 Å². The molecule has 0 unspecified atom stereocenters. The quantitative estimate of drug-likeness (QED) is 0.883. The van der Waals surface area contributed by atoms with Crippen molar-refractivity contribution in [3.63, 3.8) is 0 Å². The van der Waals surface area contributed by atoms with Gasteiger partial charge in [0, 0.05) is 0 Å². The number of ether oxygens (including phenoxy) is 1. The van der Waals surface area contributed by atoms with Crippen molar-refractivity contribution in [1.29, 1.82) is 0 Å². The van der Waals surface area contributed by atoms with Crippen molar-refractivity contribution in [2.24, 2.45) is 0 Å². The minimum absolute atomic E-state index is 0.130. The fourth-order valence-corrected chi connectivity index (χ4v) is 1.60. The van der Waals surface area contributed by atoms with E-state index in [1.54, 1.807) is 10.9 Å². The topological polar surface area (TPSA) is 53.1 Å². The third-order valence-electron chi connectivity index (χ3n) is 2.41. The number of para-hydroxylation sites is 2. The summed E-state index contributed by atoms with van der Waals surface area (Å²) in [6.45, 7) is 5.89. The Labute approximate surface area is 101 Å². The van der Waals surface area contributed by atoms with Crippen molar-refractivity contribution in [3.05, 3.63) is 36.2 Å². The third-order valence-corrected chi connectivity index (χ3v) is 2.41. The van der Waals surface area contributed by atoms with Gasteiger partial charge in [-0.05, 0) is 32.9 Å². The van der Waals surface area contributed by atoms with Crippen LogP contribution in [-0.4, -0.2) is 15.9 Å². The predicted octanol–water partition coefficient (Wildman–Crippen LogP) is 2.55. The first-order chi connectivity index (χ1) is 8.08. The molecule has 0 bridgehead atoms. The van der Waals surface area contributed by atoms with Gasteiger partial charge in [-0.2, -0.15) is 5.10 Å². The van der Waals surface area contributed by atoms with Crippen molar-refractivity contribution in [3.8, 4) is 11.4 Å². The number of hydrogen-bond acceptors (Lipinski definition) is 3. The molecule has 4 heteroatoms. The molecule has 0 spiro atoms. The van der Waals surface area contributed by atoms with E-state index < -0.39 is 0 Å². The predicted molar refractivity (Wildman–Crippen MR) is 68.5 cm³/mol. The lowest BCUT2D eigenvalue weighted by Gasteiger charge is -2.13. The van der Waals surface area contributed by atoms with E-state index in [1.807, 2.05) is 45.0 Å². The van der Waals surface area contributed by atoms with Crippen molar-refractivity contribution in [2.45, 2.75) is 26.9 Å². The maximum absolute atomic E-state index is 5.81. The lowest BCUT2D eigenvalue weighted by Crippen LogP contribution is -2.08. The van der Waals surface area contributed by atoms with Crippen LogP contribution in [0.4, 0.5) is 5.69 Å². The Morgan fingerprint density at radius 3 is 2.59 bits per heavy atom. The summed E-state index contributed by atoms with van der Waals surface area (Å²) in [5.74, 6) is 0.810. The first kappa shape index (κ1) is 11.5. The minimum atomic E-state index is 0.130. The van der Waals surface area contributed by atoms with Gasteiger partial charge < -0.3 is 10.5 Å². The molecule has 2 rings (SSSR count). The lowest BCUT2D eigenvalue weighted by molar-refractivity contribution is 0.241. The Hall–Kier alpha value is -1.97. The summed E-state index contributed by atoms with van der Waals surface area (Å²) in [5.41, 5.74) is 8.22. The average Bonchev–Trinajstić information content (AvgIpc) is 2.59.